The van der Waals surface area contributed by atoms with Crippen molar-refractivity contribution in [2.24, 2.45) is 0 Å². The summed E-state index contributed by atoms with van der Waals surface area (Å²) in [6.07, 6.45) is 4.90. The van der Waals surface area contributed by atoms with E-state index in [0.29, 0.717) is 0 Å². The molecule has 3 aromatic rings. The summed E-state index contributed by atoms with van der Waals surface area (Å²) in [5.74, 6) is 0. The van der Waals surface area contributed by atoms with Crippen molar-refractivity contribution in [2.75, 3.05) is 31.1 Å². The maximum atomic E-state index is 12.9. The maximum absolute atomic E-state index is 12.9. The molecule has 1 aliphatic heterocycles. The number of imidazole rings is 1. The number of para-hydroxylation sites is 2. The second-order valence-corrected chi connectivity index (χ2v) is 7.00. The zero-order chi connectivity index (χ0) is 17.9. The van der Waals surface area contributed by atoms with E-state index in [9.17, 15) is 4.79 Å². The zero-order valence-electron chi connectivity index (χ0n) is 15.3. The smallest absolute Gasteiger partial charge is 0.333 e. The van der Waals surface area contributed by atoms with Gasteiger partial charge in [0.05, 0.1) is 37.2 Å². The van der Waals surface area contributed by atoms with Crippen molar-refractivity contribution in [2.45, 2.75) is 26.6 Å². The molecule has 0 spiro atoms. The van der Waals surface area contributed by atoms with E-state index in [0.717, 1.165) is 56.8 Å². The lowest BCUT2D eigenvalue weighted by atomic mass is 10.3. The molecule has 0 amide bonds. The molecule has 1 fully saturated rings. The third-order valence-corrected chi connectivity index (χ3v) is 5.29. The second-order valence-electron chi connectivity index (χ2n) is 7.00. The van der Waals surface area contributed by atoms with Crippen LogP contribution in [0.5, 0.6) is 0 Å². The van der Waals surface area contributed by atoms with Crippen LogP contribution in [0.25, 0.3) is 11.0 Å². The van der Waals surface area contributed by atoms with Crippen LogP contribution in [0.3, 0.4) is 0 Å². The van der Waals surface area contributed by atoms with Gasteiger partial charge in [-0.2, -0.15) is 0 Å². The number of aryl methyl sites for hydroxylation is 1. The average molecular weight is 353 g/mol. The monoisotopic (exact) mass is 353 g/mol. The first-order valence-electron chi connectivity index (χ1n) is 9.50. The number of anilines is 1. The first-order valence-corrected chi connectivity index (χ1v) is 9.50. The van der Waals surface area contributed by atoms with Gasteiger partial charge < -0.3 is 9.80 Å². The van der Waals surface area contributed by atoms with E-state index in [-0.39, 0.29) is 5.69 Å². The number of nitrogens with one attached hydrogen (secondary N) is 2. The average Bonchev–Trinajstić information content (AvgIpc) is 2.96. The minimum absolute atomic E-state index is 0.126. The predicted octanol–water partition coefficient (Wildman–Crippen LogP) is 0.390. The molecule has 0 bridgehead atoms. The van der Waals surface area contributed by atoms with Gasteiger partial charge in [-0.25, -0.2) is 14.3 Å². The van der Waals surface area contributed by atoms with Gasteiger partial charge in [0.25, 0.3) is 0 Å². The molecular formula is C20H27N5O+2. The molecular weight excluding hydrogens is 326 g/mol. The van der Waals surface area contributed by atoms with E-state index in [4.69, 9.17) is 0 Å². The fraction of sp³-hybridized carbons (Fsp3) is 0.400. The quantitative estimate of drug-likeness (QED) is 0.721. The van der Waals surface area contributed by atoms with Gasteiger partial charge >= 0.3 is 5.69 Å². The third kappa shape index (κ3) is 3.12. The summed E-state index contributed by atoms with van der Waals surface area (Å²) in [7, 11) is 0. The minimum atomic E-state index is 0.126. The number of aromatic amines is 1. The Hall–Kier alpha value is -2.60. The van der Waals surface area contributed by atoms with Gasteiger partial charge in [0.1, 0.15) is 0 Å². The number of hydrogen-bond acceptors (Lipinski definition) is 2. The number of hydrogen-bond donors (Lipinski definition) is 1. The second kappa shape index (κ2) is 7.33. The Balaban J connectivity index is 1.52. The number of rotatable bonds is 5. The summed E-state index contributed by atoms with van der Waals surface area (Å²) in [5.41, 5.74) is 3.50. The van der Waals surface area contributed by atoms with Crippen LogP contribution in [0.1, 0.15) is 13.3 Å². The highest BCUT2D eigenvalue weighted by Gasteiger charge is 2.23. The molecule has 136 valence electrons. The van der Waals surface area contributed by atoms with Crippen molar-refractivity contribution < 1.29 is 9.88 Å². The largest absolute Gasteiger partial charge is 0.360 e. The minimum Gasteiger partial charge on any atom is -0.360 e. The summed E-state index contributed by atoms with van der Waals surface area (Å²) in [5, 5.41) is 0. The first-order chi connectivity index (χ1) is 12.8. The van der Waals surface area contributed by atoms with Crippen molar-refractivity contribution in [3.05, 3.63) is 59.3 Å². The van der Waals surface area contributed by atoms with Crippen molar-refractivity contribution >= 4 is 16.7 Å². The van der Waals surface area contributed by atoms with Crippen LogP contribution in [0.2, 0.25) is 0 Å². The van der Waals surface area contributed by atoms with E-state index < -0.39 is 0 Å². The first kappa shape index (κ1) is 16.8. The summed E-state index contributed by atoms with van der Waals surface area (Å²) in [6, 6.07) is 12.4. The number of nitrogens with zero attached hydrogens (tertiary/aromatic N) is 3. The van der Waals surface area contributed by atoms with Crippen LogP contribution in [0.4, 0.5) is 5.69 Å². The van der Waals surface area contributed by atoms with Crippen LogP contribution in [-0.2, 0) is 13.2 Å². The number of aromatic nitrogens is 3. The highest BCUT2D eigenvalue weighted by Crippen LogP contribution is 2.13. The Labute approximate surface area is 153 Å². The summed E-state index contributed by atoms with van der Waals surface area (Å²) in [4.78, 5) is 19.9. The zero-order valence-corrected chi connectivity index (χ0v) is 15.3. The van der Waals surface area contributed by atoms with E-state index >= 15 is 0 Å². The van der Waals surface area contributed by atoms with Gasteiger partial charge in [0.15, 0.2) is 19.1 Å². The van der Waals surface area contributed by atoms with Crippen LogP contribution in [-0.4, -0.2) is 35.3 Å². The highest BCUT2D eigenvalue weighted by molar-refractivity contribution is 5.75. The van der Waals surface area contributed by atoms with Crippen molar-refractivity contribution in [1.29, 1.82) is 0 Å². The number of piperazine rings is 1. The SMILES string of the molecule is CCCn1c(=O)n(C[NH+]2CCN(c3cc[nH+]cc3)CC2)c2ccccc21. The Morgan fingerprint density at radius 2 is 1.65 bits per heavy atom. The van der Waals surface area contributed by atoms with Gasteiger partial charge in [-0.3, -0.25) is 4.57 Å². The molecule has 1 saturated heterocycles. The summed E-state index contributed by atoms with van der Waals surface area (Å²) < 4.78 is 3.89. The Bertz CT molecular complexity index is 922. The summed E-state index contributed by atoms with van der Waals surface area (Å²) in [6.45, 7) is 7.75. The van der Waals surface area contributed by atoms with Gasteiger partial charge in [0, 0.05) is 24.4 Å². The van der Waals surface area contributed by atoms with Gasteiger partial charge in [-0.15, -0.1) is 0 Å². The number of benzene rings is 1. The molecule has 6 nitrogen and oxygen atoms in total. The van der Waals surface area contributed by atoms with E-state index in [1.807, 2.05) is 33.7 Å². The number of quaternary nitrogens is 1. The topological polar surface area (TPSA) is 48.8 Å². The number of H-pyrrole nitrogens is 1. The van der Waals surface area contributed by atoms with E-state index in [1.54, 1.807) is 0 Å². The lowest BCUT2D eigenvalue weighted by Gasteiger charge is -2.33. The number of fused-ring (bicyclic) bond motifs is 1. The molecule has 0 saturated carbocycles. The van der Waals surface area contributed by atoms with Crippen molar-refractivity contribution in [3.63, 3.8) is 0 Å². The normalized spacial score (nSPS) is 15.7. The molecule has 2 aromatic heterocycles. The molecule has 0 aliphatic carbocycles. The third-order valence-electron chi connectivity index (χ3n) is 5.29. The molecule has 6 heteroatoms. The van der Waals surface area contributed by atoms with Gasteiger partial charge in [0.2, 0.25) is 0 Å². The highest BCUT2D eigenvalue weighted by atomic mass is 16.1. The molecule has 26 heavy (non-hydrogen) atoms. The van der Waals surface area contributed by atoms with Gasteiger partial charge in [-0.05, 0) is 18.6 Å². The molecule has 0 radical (unpaired) electrons. The van der Waals surface area contributed by atoms with E-state index in [2.05, 4.69) is 41.1 Å². The molecule has 4 rings (SSSR count). The fourth-order valence-electron chi connectivity index (χ4n) is 3.92. The predicted molar refractivity (Wildman–Crippen MR) is 102 cm³/mol. The van der Waals surface area contributed by atoms with Gasteiger partial charge in [-0.1, -0.05) is 19.1 Å². The van der Waals surface area contributed by atoms with Crippen LogP contribution in [0, 0.1) is 0 Å². The summed E-state index contributed by atoms with van der Waals surface area (Å²) >= 11 is 0. The Kier molecular flexibility index (Phi) is 4.75. The lowest BCUT2D eigenvalue weighted by Crippen LogP contribution is -3.14. The molecule has 0 atom stereocenters. The maximum Gasteiger partial charge on any atom is 0.333 e. The standard InChI is InChI=1S/C20H25N5O/c1-2-11-24-18-5-3-4-6-19(18)25(20(24)26)16-22-12-14-23(15-13-22)17-7-9-21-10-8-17/h3-10H,2,11-16H2,1H3/p+2. The molecule has 1 aliphatic rings. The van der Waals surface area contributed by atoms with Crippen LogP contribution < -0.4 is 20.5 Å². The number of pyridine rings is 1. The molecule has 2 N–H and O–H groups in total. The fourth-order valence-corrected chi connectivity index (χ4v) is 3.92. The Morgan fingerprint density at radius 1 is 1.00 bits per heavy atom. The molecule has 0 unspecified atom stereocenters. The van der Waals surface area contributed by atoms with Crippen LogP contribution >= 0.6 is 0 Å². The molecule has 3 heterocycles. The van der Waals surface area contributed by atoms with Crippen molar-refractivity contribution in [1.82, 2.24) is 9.13 Å². The molecule has 1 aromatic carbocycles. The lowest BCUT2D eigenvalue weighted by molar-refractivity contribution is -0.923. The van der Waals surface area contributed by atoms with E-state index in [1.165, 1.54) is 10.6 Å². The van der Waals surface area contributed by atoms with Crippen LogP contribution in [0.15, 0.2) is 53.6 Å². The Morgan fingerprint density at radius 3 is 2.31 bits per heavy atom. The van der Waals surface area contributed by atoms with Crippen molar-refractivity contribution in [3.8, 4) is 0 Å².